The van der Waals surface area contributed by atoms with Crippen molar-refractivity contribution in [1.82, 2.24) is 10.4 Å². The van der Waals surface area contributed by atoms with Crippen LogP contribution in [0.1, 0.15) is 20.3 Å². The topological polar surface area (TPSA) is 61.5 Å². The third kappa shape index (κ3) is 7.68. The first kappa shape index (κ1) is 16.7. The molecule has 0 heterocycles. The van der Waals surface area contributed by atoms with Crippen LogP contribution in [0.25, 0.3) is 0 Å². The van der Waals surface area contributed by atoms with Crippen LogP contribution in [0.5, 0.6) is 0 Å². The van der Waals surface area contributed by atoms with Gasteiger partial charge in [0.15, 0.2) is 0 Å². The molecule has 4 nitrogen and oxygen atoms in total. The Morgan fingerprint density at radius 3 is 2.29 bits per heavy atom. The number of nitrogens with one attached hydrogen (secondary N) is 1. The van der Waals surface area contributed by atoms with Crippen LogP contribution in [0.3, 0.4) is 0 Å². The van der Waals surface area contributed by atoms with Gasteiger partial charge in [-0.2, -0.15) is 0 Å². The van der Waals surface area contributed by atoms with Crippen LogP contribution in [-0.2, 0) is 17.0 Å². The molecule has 0 aliphatic heterocycles. The Morgan fingerprint density at radius 1 is 1.50 bits per heavy atom. The average molecular weight is 240 g/mol. The molecule has 0 saturated heterocycles. The van der Waals surface area contributed by atoms with E-state index in [1.165, 1.54) is 0 Å². The van der Waals surface area contributed by atoms with Gasteiger partial charge in [-0.25, -0.2) is 5.01 Å². The summed E-state index contributed by atoms with van der Waals surface area (Å²) in [4.78, 5) is 0. The zero-order chi connectivity index (χ0) is 11.6. The number of nitrogens with two attached hydrogens (primary N) is 1. The predicted molar refractivity (Wildman–Crippen MR) is 57.7 cm³/mol. The zero-order valence-corrected chi connectivity index (χ0v) is 10.8. The summed E-state index contributed by atoms with van der Waals surface area (Å²) < 4.78 is 0. The fourth-order valence-electron chi connectivity index (χ4n) is 1.01. The van der Waals surface area contributed by atoms with Crippen LogP contribution in [-0.4, -0.2) is 47.6 Å². The third-order valence-electron chi connectivity index (χ3n) is 2.07. The Kier molecular flexibility index (Phi) is 13.6. The Balaban J connectivity index is 0. The van der Waals surface area contributed by atoms with E-state index in [0.29, 0.717) is 6.54 Å². The van der Waals surface area contributed by atoms with Crippen molar-refractivity contribution in [3.63, 3.8) is 0 Å². The molecule has 0 fully saturated rings. The molecule has 0 aromatic heterocycles. The van der Waals surface area contributed by atoms with E-state index in [1.807, 2.05) is 25.9 Å². The summed E-state index contributed by atoms with van der Waals surface area (Å²) in [6.45, 7) is 5.45. The van der Waals surface area contributed by atoms with Crippen molar-refractivity contribution in [3.8, 4) is 0 Å². The van der Waals surface area contributed by atoms with Gasteiger partial charge < -0.3 is 10.8 Å². The summed E-state index contributed by atoms with van der Waals surface area (Å²) in [5, 5.41) is 14.7. The molecule has 1 unspecified atom stereocenters. The number of hydrogen-bond donors (Lipinski definition) is 3. The molecule has 0 aromatic carbocycles. The third-order valence-corrected chi connectivity index (χ3v) is 2.07. The number of likely N-dealkylation sites (N-methyl/N-ethyl adjacent to an activating group) is 1. The second-order valence-corrected chi connectivity index (χ2v) is 2.90. The fourth-order valence-corrected chi connectivity index (χ4v) is 1.01. The van der Waals surface area contributed by atoms with Gasteiger partial charge in [-0.1, -0.05) is 13.8 Å². The fraction of sp³-hybridized carbons (Fsp3) is 0.889. The van der Waals surface area contributed by atoms with Crippen molar-refractivity contribution >= 4 is 5.23 Å². The van der Waals surface area contributed by atoms with E-state index < -0.39 is 6.10 Å². The Morgan fingerprint density at radius 2 is 2.00 bits per heavy atom. The summed E-state index contributed by atoms with van der Waals surface area (Å²) in [6, 6.07) is -0.118. The Labute approximate surface area is 96.3 Å². The first-order valence-corrected chi connectivity index (χ1v) is 5.82. The van der Waals surface area contributed by atoms with Crippen LogP contribution in [0, 0.1) is 0 Å². The number of hydrogen-bond acceptors (Lipinski definition) is 4. The molecule has 0 spiro atoms. The molecule has 2 atom stereocenters. The van der Waals surface area contributed by atoms with Crippen LogP contribution in [0.15, 0.2) is 0 Å². The van der Waals surface area contributed by atoms with Crippen molar-refractivity contribution in [3.05, 3.63) is 0 Å². The van der Waals surface area contributed by atoms with Gasteiger partial charge in [0.25, 0.3) is 0 Å². The average Bonchev–Trinajstić information content (AvgIpc) is 2.26. The summed E-state index contributed by atoms with van der Waals surface area (Å²) in [6.07, 6.45) is 0.366. The second-order valence-electron chi connectivity index (χ2n) is 2.90. The molecule has 0 bridgehead atoms. The van der Waals surface area contributed by atoms with Gasteiger partial charge in [0.05, 0.1) is 6.10 Å². The maximum absolute atomic E-state index is 9.54. The number of rotatable bonds is 6. The molecule has 5 heteroatoms. The zero-order valence-electron chi connectivity index (χ0n) is 9.40. The molecule has 0 aliphatic rings. The van der Waals surface area contributed by atoms with Crippen LogP contribution in [0.2, 0.25) is 0 Å². The molecule has 0 aromatic rings. The standard InChI is InChI=1S/C8H21N3O.CH2.V/c1-4-7(9)8(12)6-11(5-2)10-3;;/h7-8,10,12H,4-6,9H2,1-3H3;1H2;/t7?,8-;;/m0../s1. The van der Waals surface area contributed by atoms with E-state index in [4.69, 9.17) is 5.73 Å². The number of hydrazine groups is 1. The van der Waals surface area contributed by atoms with E-state index in [1.54, 1.807) is 0 Å². The van der Waals surface area contributed by atoms with E-state index >= 15 is 0 Å². The van der Waals surface area contributed by atoms with Gasteiger partial charge >= 0.3 is 22.2 Å². The Hall–Kier alpha value is 0.294. The van der Waals surface area contributed by atoms with Gasteiger partial charge in [-0.15, -0.1) is 0 Å². The normalized spacial score (nSPS) is 14.4. The molecular weight excluding hydrogens is 217 g/mol. The number of aliphatic hydroxyl groups is 1. The van der Waals surface area contributed by atoms with Crippen molar-refractivity contribution < 1.29 is 22.1 Å². The van der Waals surface area contributed by atoms with Crippen LogP contribution >= 0.6 is 0 Å². The molecule has 0 radical (unpaired) electrons. The number of aliphatic hydroxyl groups excluding tert-OH is 1. The first-order chi connectivity index (χ1) is 6.65. The van der Waals surface area contributed by atoms with E-state index in [0.717, 1.165) is 13.0 Å². The van der Waals surface area contributed by atoms with Gasteiger partial charge in [0, 0.05) is 19.1 Å². The minimum absolute atomic E-state index is 0.118. The van der Waals surface area contributed by atoms with Crippen molar-refractivity contribution in [1.29, 1.82) is 0 Å². The molecule has 0 rings (SSSR count). The summed E-state index contributed by atoms with van der Waals surface area (Å²) in [5.74, 6) is 0. The molecule has 14 heavy (non-hydrogen) atoms. The predicted octanol–water partition coefficient (Wildman–Crippen LogP) is -0.494. The van der Waals surface area contributed by atoms with Crippen LogP contribution < -0.4 is 11.2 Å². The van der Waals surface area contributed by atoms with E-state index in [-0.39, 0.29) is 6.04 Å². The van der Waals surface area contributed by atoms with Crippen molar-refractivity contribution in [2.45, 2.75) is 32.4 Å². The SMILES string of the molecule is CCC(N)[C@@H](O)CN(CC)NC.[CH2]=[V]. The monoisotopic (exact) mass is 240 g/mol. The first-order valence-electron chi connectivity index (χ1n) is 4.83. The maximum atomic E-state index is 9.54. The minimum atomic E-state index is -0.442. The van der Waals surface area contributed by atoms with Gasteiger partial charge in [0.2, 0.25) is 0 Å². The molecule has 0 amide bonds. The molecule has 4 N–H and O–H groups in total. The van der Waals surface area contributed by atoms with E-state index in [2.05, 4.69) is 27.6 Å². The summed E-state index contributed by atoms with van der Waals surface area (Å²) in [7, 11) is 1.84. The van der Waals surface area contributed by atoms with Gasteiger partial charge in [-0.05, 0) is 13.5 Å². The van der Waals surface area contributed by atoms with Crippen molar-refractivity contribution in [2.24, 2.45) is 5.73 Å². The number of nitrogens with zero attached hydrogens (tertiary/aromatic N) is 1. The quantitative estimate of drug-likeness (QED) is 0.548. The van der Waals surface area contributed by atoms with Crippen LogP contribution in [0.4, 0.5) is 0 Å². The van der Waals surface area contributed by atoms with Gasteiger partial charge in [0.1, 0.15) is 0 Å². The molecule has 85 valence electrons. The molecule has 0 aliphatic carbocycles. The second kappa shape index (κ2) is 11.4. The molecule has 0 saturated carbocycles. The Bertz CT molecular complexity index is 123. The summed E-state index contributed by atoms with van der Waals surface area (Å²) >= 11 is 2.06. The van der Waals surface area contributed by atoms with Gasteiger partial charge in [-0.3, -0.25) is 5.43 Å². The molecular formula is C9H23N3OV. The summed E-state index contributed by atoms with van der Waals surface area (Å²) in [5.41, 5.74) is 8.65. The van der Waals surface area contributed by atoms with E-state index in [9.17, 15) is 5.11 Å². The van der Waals surface area contributed by atoms with Crippen molar-refractivity contribution in [2.75, 3.05) is 20.1 Å².